The van der Waals surface area contributed by atoms with Crippen LogP contribution in [0.1, 0.15) is 89.3 Å². The standard InChI is InChI=1S/C41H40FNO7/c1-3-41(25-47-26-41)24-46-18-6-4-5-7-19-48-31-12-8-28(9-13-31)39(44)49-32-15-17-35-34-16-11-29(20-36(34)27(2)37(35)21-32)40(45)50-33-14-10-30(23-43)38(42)22-33/h8-17,20-22,27H,3-7,18-19,24-26H2,1-2H3. The Bertz CT molecular complexity index is 1890. The molecular weight excluding hydrogens is 637 g/mol. The van der Waals surface area contributed by atoms with Gasteiger partial charge >= 0.3 is 11.9 Å². The molecule has 0 spiro atoms. The molecular formula is C41H40FNO7. The molecule has 2 aliphatic rings. The van der Waals surface area contributed by atoms with Crippen molar-refractivity contribution in [2.75, 3.05) is 33.0 Å². The molecule has 1 aliphatic carbocycles. The molecule has 1 heterocycles. The molecule has 6 rings (SSSR count). The zero-order valence-electron chi connectivity index (χ0n) is 28.3. The highest BCUT2D eigenvalue weighted by Gasteiger charge is 2.36. The van der Waals surface area contributed by atoms with Crippen LogP contribution in [0.3, 0.4) is 0 Å². The summed E-state index contributed by atoms with van der Waals surface area (Å²) in [6.07, 6.45) is 5.24. The number of halogens is 1. The lowest BCUT2D eigenvalue weighted by Crippen LogP contribution is -2.45. The molecule has 0 aromatic heterocycles. The summed E-state index contributed by atoms with van der Waals surface area (Å²) >= 11 is 0. The Morgan fingerprint density at radius 2 is 1.40 bits per heavy atom. The fraction of sp³-hybridized carbons (Fsp3) is 0.341. The highest BCUT2D eigenvalue weighted by atomic mass is 19.1. The third kappa shape index (κ3) is 7.88. The Morgan fingerprint density at radius 1 is 0.800 bits per heavy atom. The first-order valence-corrected chi connectivity index (χ1v) is 17.1. The number of carbonyl (C=O) groups is 2. The smallest absolute Gasteiger partial charge is 0.343 e. The maximum absolute atomic E-state index is 14.0. The quantitative estimate of drug-likeness (QED) is 0.0700. The second kappa shape index (κ2) is 15.7. The average molecular weight is 678 g/mol. The van der Waals surface area contributed by atoms with Gasteiger partial charge in [-0.1, -0.05) is 32.4 Å². The molecule has 4 aromatic rings. The number of hydrogen-bond donors (Lipinski definition) is 0. The van der Waals surface area contributed by atoms with Gasteiger partial charge in [-0.2, -0.15) is 5.26 Å². The van der Waals surface area contributed by atoms with Crippen molar-refractivity contribution in [3.05, 3.63) is 112 Å². The average Bonchev–Trinajstić information content (AvgIpc) is 3.38. The van der Waals surface area contributed by atoms with Crippen molar-refractivity contribution in [3.8, 4) is 34.4 Å². The lowest BCUT2D eigenvalue weighted by atomic mass is 9.84. The summed E-state index contributed by atoms with van der Waals surface area (Å²) in [4.78, 5) is 25.8. The van der Waals surface area contributed by atoms with Crippen LogP contribution < -0.4 is 14.2 Å². The van der Waals surface area contributed by atoms with Gasteiger partial charge in [0.1, 0.15) is 29.1 Å². The molecule has 1 unspecified atom stereocenters. The number of nitriles is 1. The van der Waals surface area contributed by atoms with Crippen LogP contribution in [0.2, 0.25) is 0 Å². The van der Waals surface area contributed by atoms with Crippen molar-refractivity contribution in [2.45, 2.75) is 51.9 Å². The predicted octanol–water partition coefficient (Wildman–Crippen LogP) is 8.65. The van der Waals surface area contributed by atoms with Crippen molar-refractivity contribution in [1.82, 2.24) is 0 Å². The van der Waals surface area contributed by atoms with Crippen LogP contribution in [-0.2, 0) is 9.47 Å². The van der Waals surface area contributed by atoms with Crippen LogP contribution in [0.15, 0.2) is 78.9 Å². The second-order valence-electron chi connectivity index (χ2n) is 13.0. The number of benzene rings is 4. The maximum Gasteiger partial charge on any atom is 0.343 e. The Labute approximate surface area is 291 Å². The van der Waals surface area contributed by atoms with E-state index in [2.05, 4.69) is 6.92 Å². The van der Waals surface area contributed by atoms with Gasteiger partial charge < -0.3 is 23.7 Å². The number of unbranched alkanes of at least 4 members (excludes halogenated alkanes) is 3. The topological polar surface area (TPSA) is 104 Å². The molecule has 0 radical (unpaired) electrons. The van der Waals surface area contributed by atoms with Crippen molar-refractivity contribution in [1.29, 1.82) is 5.26 Å². The van der Waals surface area contributed by atoms with E-state index in [0.29, 0.717) is 29.2 Å². The van der Waals surface area contributed by atoms with Gasteiger partial charge in [-0.15, -0.1) is 0 Å². The summed E-state index contributed by atoms with van der Waals surface area (Å²) in [6, 6.07) is 23.2. The van der Waals surface area contributed by atoms with Crippen LogP contribution >= 0.6 is 0 Å². The summed E-state index contributed by atoms with van der Waals surface area (Å²) in [5.74, 6) is -0.806. The van der Waals surface area contributed by atoms with Gasteiger partial charge in [-0.25, -0.2) is 14.0 Å². The summed E-state index contributed by atoms with van der Waals surface area (Å²) in [5, 5.41) is 8.93. The zero-order chi connectivity index (χ0) is 35.1. The minimum atomic E-state index is -0.756. The Morgan fingerprint density at radius 3 is 2.06 bits per heavy atom. The third-order valence-corrected chi connectivity index (χ3v) is 9.53. The molecule has 1 atom stereocenters. The van der Waals surface area contributed by atoms with Gasteiger partial charge in [0, 0.05) is 24.0 Å². The molecule has 8 nitrogen and oxygen atoms in total. The number of hydrogen-bond acceptors (Lipinski definition) is 8. The normalized spacial score (nSPS) is 15.3. The first kappa shape index (κ1) is 34.8. The van der Waals surface area contributed by atoms with E-state index in [0.717, 1.165) is 86.9 Å². The largest absolute Gasteiger partial charge is 0.494 e. The number of esters is 2. The van der Waals surface area contributed by atoms with Gasteiger partial charge in [-0.05, 0) is 109 Å². The lowest BCUT2D eigenvalue weighted by molar-refractivity contribution is -0.150. The van der Waals surface area contributed by atoms with Crippen molar-refractivity contribution in [2.24, 2.45) is 5.41 Å². The fourth-order valence-electron chi connectivity index (χ4n) is 6.26. The summed E-state index contributed by atoms with van der Waals surface area (Å²) in [7, 11) is 0. The molecule has 50 heavy (non-hydrogen) atoms. The molecule has 0 bridgehead atoms. The first-order chi connectivity index (χ1) is 24.3. The van der Waals surface area contributed by atoms with Crippen molar-refractivity contribution >= 4 is 11.9 Å². The van der Waals surface area contributed by atoms with Gasteiger partial charge in [0.25, 0.3) is 0 Å². The van der Waals surface area contributed by atoms with Gasteiger partial charge in [0.15, 0.2) is 0 Å². The summed E-state index contributed by atoms with van der Waals surface area (Å²) < 4.78 is 42.2. The molecule has 1 fully saturated rings. The Balaban J connectivity index is 0.960. The fourth-order valence-corrected chi connectivity index (χ4v) is 6.26. The van der Waals surface area contributed by atoms with E-state index in [-0.39, 0.29) is 22.6 Å². The molecule has 1 saturated heterocycles. The van der Waals surface area contributed by atoms with E-state index >= 15 is 0 Å². The zero-order valence-corrected chi connectivity index (χ0v) is 28.3. The van der Waals surface area contributed by atoms with Crippen LogP contribution in [0, 0.1) is 22.6 Å². The molecule has 0 saturated carbocycles. The van der Waals surface area contributed by atoms with E-state index in [1.807, 2.05) is 25.1 Å². The minimum absolute atomic E-state index is 0.0145. The molecule has 4 aromatic carbocycles. The predicted molar refractivity (Wildman–Crippen MR) is 185 cm³/mol. The van der Waals surface area contributed by atoms with Gasteiger partial charge in [0.2, 0.25) is 0 Å². The SMILES string of the molecule is CCC1(COCCCCCCOc2ccc(C(=O)Oc3ccc4c(c3)C(C)c3cc(C(=O)Oc5ccc(C#N)c(F)c5)ccc3-4)cc2)COC1. The van der Waals surface area contributed by atoms with E-state index in [1.54, 1.807) is 48.5 Å². The maximum atomic E-state index is 14.0. The monoisotopic (exact) mass is 677 g/mol. The summed E-state index contributed by atoms with van der Waals surface area (Å²) in [6.45, 7) is 8.01. The highest BCUT2D eigenvalue weighted by molar-refractivity contribution is 5.94. The van der Waals surface area contributed by atoms with Crippen LogP contribution in [0.4, 0.5) is 4.39 Å². The number of carbonyl (C=O) groups excluding carboxylic acids is 2. The van der Waals surface area contributed by atoms with E-state index in [4.69, 9.17) is 28.9 Å². The molecule has 258 valence electrons. The van der Waals surface area contributed by atoms with E-state index < -0.39 is 17.8 Å². The minimum Gasteiger partial charge on any atom is -0.494 e. The van der Waals surface area contributed by atoms with E-state index in [9.17, 15) is 14.0 Å². The third-order valence-electron chi connectivity index (χ3n) is 9.53. The Kier molecular flexibility index (Phi) is 10.9. The number of rotatable bonds is 15. The van der Waals surface area contributed by atoms with Crippen molar-refractivity contribution in [3.63, 3.8) is 0 Å². The van der Waals surface area contributed by atoms with Crippen LogP contribution in [0.25, 0.3) is 11.1 Å². The van der Waals surface area contributed by atoms with E-state index in [1.165, 1.54) is 12.1 Å². The first-order valence-electron chi connectivity index (χ1n) is 17.1. The molecule has 0 amide bonds. The van der Waals surface area contributed by atoms with Gasteiger partial charge in [0.05, 0.1) is 43.1 Å². The summed E-state index contributed by atoms with van der Waals surface area (Å²) in [5.41, 5.74) is 4.69. The number of ether oxygens (including phenoxy) is 5. The van der Waals surface area contributed by atoms with Crippen LogP contribution in [0.5, 0.6) is 17.2 Å². The highest BCUT2D eigenvalue weighted by Crippen LogP contribution is 2.46. The van der Waals surface area contributed by atoms with Crippen LogP contribution in [-0.4, -0.2) is 45.0 Å². The van der Waals surface area contributed by atoms with Gasteiger partial charge in [-0.3, -0.25) is 0 Å². The molecule has 9 heteroatoms. The number of fused-ring (bicyclic) bond motifs is 3. The second-order valence-corrected chi connectivity index (χ2v) is 13.0. The molecule has 1 aliphatic heterocycles. The number of nitrogens with zero attached hydrogens (tertiary/aromatic N) is 1. The lowest BCUT2D eigenvalue weighted by Gasteiger charge is -2.40. The Hall–Kier alpha value is -5.04. The molecule has 0 N–H and O–H groups in total. The van der Waals surface area contributed by atoms with Crippen molar-refractivity contribution < 1.29 is 37.7 Å².